The van der Waals surface area contributed by atoms with E-state index in [1.807, 2.05) is 0 Å². The molecule has 0 saturated carbocycles. The molecule has 1 aromatic carbocycles. The number of halogens is 1. The van der Waals surface area contributed by atoms with Gasteiger partial charge in [0.05, 0.1) is 30.5 Å². The summed E-state index contributed by atoms with van der Waals surface area (Å²) in [6.45, 7) is 5.15. The summed E-state index contributed by atoms with van der Waals surface area (Å²) in [4.78, 5) is 36.4. The molecule has 182 valence electrons. The van der Waals surface area contributed by atoms with Crippen LogP contribution in [0, 0.1) is 23.2 Å². The summed E-state index contributed by atoms with van der Waals surface area (Å²) in [7, 11) is 0. The molecule has 0 bridgehead atoms. The fraction of sp³-hybridized carbons (Fsp3) is 0.348. The highest BCUT2D eigenvalue weighted by atomic mass is 35.5. The van der Waals surface area contributed by atoms with Gasteiger partial charge in [-0.2, -0.15) is 10.2 Å². The lowest BCUT2D eigenvalue weighted by Crippen LogP contribution is -2.44. The van der Waals surface area contributed by atoms with Gasteiger partial charge in [0.15, 0.2) is 16.3 Å². The van der Waals surface area contributed by atoms with Gasteiger partial charge in [-0.15, -0.1) is 18.3 Å². The highest BCUT2D eigenvalue weighted by molar-refractivity contribution is 7.99. The second kappa shape index (κ2) is 11.8. The Labute approximate surface area is 212 Å². The lowest BCUT2D eigenvalue weighted by atomic mass is 10.1. The number of imidazole rings is 1. The summed E-state index contributed by atoms with van der Waals surface area (Å²) in [6.07, 6.45) is 0. The number of rotatable bonds is 7. The van der Waals surface area contributed by atoms with Crippen molar-refractivity contribution in [2.75, 3.05) is 36.8 Å². The molecule has 0 radical (unpaired) electrons. The number of carboxylic acid groups (broad SMARTS) is 1. The Kier molecular flexibility index (Phi) is 8.77. The van der Waals surface area contributed by atoms with Crippen molar-refractivity contribution < 1.29 is 9.90 Å². The third-order valence-electron chi connectivity index (χ3n) is 5.41. The van der Waals surface area contributed by atoms with Crippen LogP contribution < -0.4 is 15.8 Å². The van der Waals surface area contributed by atoms with E-state index >= 15 is 0 Å². The van der Waals surface area contributed by atoms with Crippen LogP contribution in [0.4, 0.5) is 5.95 Å². The van der Waals surface area contributed by atoms with Crippen molar-refractivity contribution >= 4 is 47.3 Å². The van der Waals surface area contributed by atoms with Gasteiger partial charge in [0, 0.05) is 26.2 Å². The van der Waals surface area contributed by atoms with E-state index in [1.165, 1.54) is 4.57 Å². The highest BCUT2D eigenvalue weighted by Gasteiger charge is 2.24. The molecule has 1 fully saturated rings. The second-order valence-electron chi connectivity index (χ2n) is 7.57. The molecule has 0 atom stereocenters. The van der Waals surface area contributed by atoms with E-state index in [-0.39, 0.29) is 47.6 Å². The summed E-state index contributed by atoms with van der Waals surface area (Å²) >= 11 is 0.954. The molecule has 3 aromatic rings. The van der Waals surface area contributed by atoms with E-state index in [0.717, 1.165) is 37.9 Å². The third-order valence-corrected chi connectivity index (χ3v) is 6.38. The number of nitrogens with one attached hydrogen (secondary N) is 1. The van der Waals surface area contributed by atoms with Gasteiger partial charge in [-0.3, -0.25) is 18.7 Å². The molecule has 2 N–H and O–H groups in total. The van der Waals surface area contributed by atoms with Crippen LogP contribution in [0.15, 0.2) is 34.2 Å². The van der Waals surface area contributed by atoms with Crippen molar-refractivity contribution in [3.63, 3.8) is 0 Å². The molecule has 0 aliphatic carbocycles. The summed E-state index contributed by atoms with van der Waals surface area (Å²) in [5.41, 5.74) is 1.31. The smallest absolute Gasteiger partial charge is 0.313 e. The van der Waals surface area contributed by atoms with Gasteiger partial charge in [-0.25, -0.2) is 4.98 Å². The number of aromatic nitrogens is 4. The van der Waals surface area contributed by atoms with Crippen molar-refractivity contribution in [2.24, 2.45) is 0 Å². The normalized spacial score (nSPS) is 13.0. The number of anilines is 1. The maximum atomic E-state index is 13.8. The predicted molar refractivity (Wildman–Crippen MR) is 136 cm³/mol. The monoisotopic (exact) mass is 513 g/mol. The number of aliphatic carboxylic acids is 1. The Morgan fingerprint density at radius 3 is 2.66 bits per heavy atom. The first kappa shape index (κ1) is 26.1. The molecule has 4 rings (SSSR count). The Morgan fingerprint density at radius 1 is 1.23 bits per heavy atom. The molecular formula is C23H24ClN7O3S. The van der Waals surface area contributed by atoms with Crippen molar-refractivity contribution in [1.82, 2.24) is 24.4 Å². The number of fused-ring (bicyclic) bond motifs is 1. The lowest BCUT2D eigenvalue weighted by molar-refractivity contribution is -0.133. The Balaban J connectivity index is 0.00000342. The first-order chi connectivity index (χ1) is 16.5. The second-order valence-corrected chi connectivity index (χ2v) is 8.51. The van der Waals surface area contributed by atoms with Crippen LogP contribution in [0.1, 0.15) is 18.1 Å². The number of piperazine rings is 1. The van der Waals surface area contributed by atoms with Gasteiger partial charge in [-0.1, -0.05) is 35.9 Å². The van der Waals surface area contributed by atoms with Crippen LogP contribution in [-0.2, 0) is 17.9 Å². The van der Waals surface area contributed by atoms with Gasteiger partial charge >= 0.3 is 5.97 Å². The number of nitriles is 1. The Morgan fingerprint density at radius 2 is 1.97 bits per heavy atom. The van der Waals surface area contributed by atoms with Crippen LogP contribution >= 0.6 is 24.2 Å². The third kappa shape index (κ3) is 5.60. The van der Waals surface area contributed by atoms with E-state index in [0.29, 0.717) is 22.6 Å². The molecule has 12 heteroatoms. The first-order valence-corrected chi connectivity index (χ1v) is 11.7. The summed E-state index contributed by atoms with van der Waals surface area (Å²) in [5, 5.41) is 22.2. The van der Waals surface area contributed by atoms with Gasteiger partial charge in [-0.05, 0) is 18.6 Å². The lowest BCUT2D eigenvalue weighted by Gasteiger charge is -2.28. The molecule has 2 aromatic heterocycles. The summed E-state index contributed by atoms with van der Waals surface area (Å²) < 4.78 is 3.20. The number of hydrogen-bond donors (Lipinski definition) is 2. The van der Waals surface area contributed by atoms with E-state index in [1.54, 1.807) is 35.8 Å². The molecule has 10 nitrogen and oxygen atoms in total. The maximum absolute atomic E-state index is 13.8. The van der Waals surface area contributed by atoms with Crippen molar-refractivity contribution in [3.8, 4) is 17.9 Å². The molecule has 0 amide bonds. The zero-order valence-corrected chi connectivity index (χ0v) is 20.7. The topological polar surface area (TPSA) is 129 Å². The van der Waals surface area contributed by atoms with Gasteiger partial charge in [0.1, 0.15) is 0 Å². The van der Waals surface area contributed by atoms with Gasteiger partial charge in [0.25, 0.3) is 5.56 Å². The fourth-order valence-electron chi connectivity index (χ4n) is 3.81. The Hall–Kier alpha value is -3.51. The van der Waals surface area contributed by atoms with E-state index in [2.05, 4.69) is 38.1 Å². The molecule has 1 aliphatic heterocycles. The average Bonchev–Trinajstić information content (AvgIpc) is 3.22. The molecule has 1 saturated heterocycles. The van der Waals surface area contributed by atoms with Crippen LogP contribution in [0.25, 0.3) is 11.2 Å². The minimum Gasteiger partial charge on any atom is -0.481 e. The first-order valence-electron chi connectivity index (χ1n) is 10.7. The largest absolute Gasteiger partial charge is 0.481 e. The predicted octanol–water partition coefficient (Wildman–Crippen LogP) is 1.54. The van der Waals surface area contributed by atoms with E-state index in [4.69, 9.17) is 0 Å². The standard InChI is InChI=1S/C23H23N7O3S.ClH/c1-2-3-10-29-19-20(26-22(29)28-11-8-25-9-12-28)27-23(34-15-18(31)32)30(21(19)33)14-17-7-5-4-6-16(17)13-24;/h4-7,25H,8-12,14-15H2,1H3,(H,31,32);1H. The van der Waals surface area contributed by atoms with Gasteiger partial charge in [0.2, 0.25) is 5.95 Å². The quantitative estimate of drug-likeness (QED) is 0.274. The van der Waals surface area contributed by atoms with Crippen LogP contribution in [-0.4, -0.2) is 62.1 Å². The highest BCUT2D eigenvalue weighted by Crippen LogP contribution is 2.24. The van der Waals surface area contributed by atoms with E-state index in [9.17, 15) is 20.0 Å². The van der Waals surface area contributed by atoms with Crippen LogP contribution in [0.5, 0.6) is 0 Å². The molecular weight excluding hydrogens is 490 g/mol. The van der Waals surface area contributed by atoms with Crippen LogP contribution in [0.2, 0.25) is 0 Å². The molecule has 0 spiro atoms. The van der Waals surface area contributed by atoms with Crippen molar-refractivity contribution in [1.29, 1.82) is 5.26 Å². The van der Waals surface area contributed by atoms with Crippen molar-refractivity contribution in [2.45, 2.75) is 25.2 Å². The van der Waals surface area contributed by atoms with Crippen molar-refractivity contribution in [3.05, 3.63) is 45.7 Å². The molecule has 1 aliphatic rings. The number of hydrogen-bond acceptors (Lipinski definition) is 8. The Bertz CT molecular complexity index is 1390. The van der Waals surface area contributed by atoms with Crippen LogP contribution in [0.3, 0.4) is 0 Å². The summed E-state index contributed by atoms with van der Waals surface area (Å²) in [5.74, 6) is 5.23. The minimum absolute atomic E-state index is 0. The minimum atomic E-state index is -1.02. The number of benzene rings is 1. The maximum Gasteiger partial charge on any atom is 0.313 e. The average molecular weight is 514 g/mol. The number of carbonyl (C=O) groups is 1. The number of nitrogens with zero attached hydrogens (tertiary/aromatic N) is 6. The number of carboxylic acids is 1. The SMILES string of the molecule is CC#CCn1c(N2CCNCC2)nc2nc(SCC(=O)O)n(Cc3ccccc3C#N)c(=O)c21.Cl. The fourth-order valence-corrected chi connectivity index (χ4v) is 4.52. The molecule has 0 unspecified atom stereocenters. The van der Waals surface area contributed by atoms with E-state index < -0.39 is 5.97 Å². The molecule has 35 heavy (non-hydrogen) atoms. The molecule has 3 heterocycles. The van der Waals surface area contributed by atoms with Gasteiger partial charge < -0.3 is 15.3 Å². The zero-order valence-electron chi connectivity index (χ0n) is 19.0. The number of thioether (sulfide) groups is 1. The zero-order chi connectivity index (χ0) is 24.1. The summed E-state index contributed by atoms with van der Waals surface area (Å²) in [6, 6.07) is 9.14.